The zero-order valence-electron chi connectivity index (χ0n) is 12.4. The second kappa shape index (κ2) is 8.00. The molecule has 0 bridgehead atoms. The molecule has 1 heterocycles. The Morgan fingerprint density at radius 3 is 2.52 bits per heavy atom. The molecule has 2 N–H and O–H groups in total. The van der Waals surface area contributed by atoms with Gasteiger partial charge in [0.25, 0.3) is 5.91 Å². The van der Waals surface area contributed by atoms with E-state index in [9.17, 15) is 9.59 Å². The quantitative estimate of drug-likeness (QED) is 0.878. The molecule has 1 fully saturated rings. The van der Waals surface area contributed by atoms with Crippen molar-refractivity contribution >= 4 is 24.2 Å². The van der Waals surface area contributed by atoms with E-state index in [0.29, 0.717) is 12.1 Å². The van der Waals surface area contributed by atoms with Gasteiger partial charge in [-0.1, -0.05) is 12.1 Å². The minimum Gasteiger partial charge on any atom is -0.355 e. The Labute approximate surface area is 131 Å². The van der Waals surface area contributed by atoms with Crippen LogP contribution in [0.2, 0.25) is 0 Å². The summed E-state index contributed by atoms with van der Waals surface area (Å²) in [6.07, 6.45) is 1.98. The smallest absolute Gasteiger partial charge is 0.251 e. The number of hydrogen-bond donors (Lipinski definition) is 2. The molecule has 0 aliphatic carbocycles. The Kier molecular flexibility index (Phi) is 6.65. The molecule has 21 heavy (non-hydrogen) atoms. The maximum atomic E-state index is 12.2. The lowest BCUT2D eigenvalue weighted by Gasteiger charge is -2.21. The van der Waals surface area contributed by atoms with E-state index in [4.69, 9.17) is 0 Å². The van der Waals surface area contributed by atoms with Crippen molar-refractivity contribution in [3.8, 4) is 0 Å². The van der Waals surface area contributed by atoms with Gasteiger partial charge in [0.05, 0.1) is 6.04 Å². The maximum absolute atomic E-state index is 12.2. The summed E-state index contributed by atoms with van der Waals surface area (Å²) < 4.78 is 0. The van der Waals surface area contributed by atoms with Crippen molar-refractivity contribution in [1.29, 1.82) is 0 Å². The van der Waals surface area contributed by atoms with E-state index >= 15 is 0 Å². The van der Waals surface area contributed by atoms with Crippen LogP contribution in [0.3, 0.4) is 0 Å². The molecule has 1 saturated heterocycles. The topological polar surface area (TPSA) is 61.4 Å². The number of halogens is 1. The van der Waals surface area contributed by atoms with E-state index in [1.54, 1.807) is 24.1 Å². The first-order chi connectivity index (χ1) is 9.61. The van der Waals surface area contributed by atoms with E-state index in [1.807, 2.05) is 19.2 Å². The molecule has 116 valence electrons. The van der Waals surface area contributed by atoms with Crippen LogP contribution in [0.4, 0.5) is 0 Å². The summed E-state index contributed by atoms with van der Waals surface area (Å²) in [5, 5.41) is 5.80. The van der Waals surface area contributed by atoms with Crippen LogP contribution < -0.4 is 10.6 Å². The van der Waals surface area contributed by atoms with Crippen molar-refractivity contribution < 1.29 is 9.59 Å². The predicted octanol–water partition coefficient (Wildman–Crippen LogP) is 1.18. The molecule has 1 aliphatic heterocycles. The third-order valence-electron chi connectivity index (χ3n) is 3.60. The molecule has 2 amide bonds. The van der Waals surface area contributed by atoms with Gasteiger partial charge in [-0.15, -0.1) is 12.4 Å². The van der Waals surface area contributed by atoms with Gasteiger partial charge in [-0.25, -0.2) is 0 Å². The molecular weight excluding hydrogens is 290 g/mol. The zero-order valence-corrected chi connectivity index (χ0v) is 13.2. The summed E-state index contributed by atoms with van der Waals surface area (Å²) in [5.74, 6) is 0.0361. The van der Waals surface area contributed by atoms with Gasteiger partial charge in [0.2, 0.25) is 5.91 Å². The van der Waals surface area contributed by atoms with Gasteiger partial charge in [0.15, 0.2) is 0 Å². The predicted molar refractivity (Wildman–Crippen MR) is 84.6 cm³/mol. The van der Waals surface area contributed by atoms with Crippen LogP contribution in [0.1, 0.15) is 28.8 Å². The zero-order chi connectivity index (χ0) is 14.5. The number of carbonyl (C=O) groups is 2. The van der Waals surface area contributed by atoms with E-state index in [2.05, 4.69) is 10.6 Å². The summed E-state index contributed by atoms with van der Waals surface area (Å²) in [5.41, 5.74) is 1.65. The fourth-order valence-electron chi connectivity index (χ4n) is 2.42. The highest BCUT2D eigenvalue weighted by molar-refractivity contribution is 5.93. The van der Waals surface area contributed by atoms with Crippen molar-refractivity contribution in [2.24, 2.45) is 0 Å². The lowest BCUT2D eigenvalue weighted by molar-refractivity contribution is -0.132. The lowest BCUT2D eigenvalue weighted by Crippen LogP contribution is -2.41. The molecule has 0 radical (unpaired) electrons. The summed E-state index contributed by atoms with van der Waals surface area (Å²) in [6.45, 7) is 1.48. The highest BCUT2D eigenvalue weighted by atomic mass is 35.5. The lowest BCUT2D eigenvalue weighted by atomic mass is 10.1. The van der Waals surface area contributed by atoms with Gasteiger partial charge >= 0.3 is 0 Å². The Morgan fingerprint density at radius 1 is 1.33 bits per heavy atom. The number of benzene rings is 1. The average Bonchev–Trinajstić information content (AvgIpc) is 3.00. The molecule has 1 aliphatic rings. The third kappa shape index (κ3) is 4.44. The highest BCUT2D eigenvalue weighted by Gasteiger charge is 2.24. The molecule has 2 rings (SSSR count). The van der Waals surface area contributed by atoms with Gasteiger partial charge in [0, 0.05) is 26.2 Å². The minimum absolute atomic E-state index is 0. The summed E-state index contributed by atoms with van der Waals surface area (Å²) in [6, 6.07) is 7.29. The second-order valence-electron chi connectivity index (χ2n) is 5.12. The fraction of sp³-hybridized carbons (Fsp3) is 0.467. The molecule has 1 aromatic carbocycles. The van der Waals surface area contributed by atoms with Gasteiger partial charge in [-0.3, -0.25) is 9.59 Å². The van der Waals surface area contributed by atoms with Gasteiger partial charge in [-0.05, 0) is 37.1 Å². The number of amides is 2. The molecular formula is C15H22ClN3O2. The molecule has 0 saturated carbocycles. The molecule has 6 heteroatoms. The fourth-order valence-corrected chi connectivity index (χ4v) is 2.42. The number of nitrogens with zero attached hydrogens (tertiary/aromatic N) is 1. The molecule has 0 aromatic heterocycles. The first kappa shape index (κ1) is 17.5. The highest BCUT2D eigenvalue weighted by Crippen LogP contribution is 2.11. The number of likely N-dealkylation sites (N-methyl/N-ethyl adjacent to an activating group) is 1. The van der Waals surface area contributed by atoms with E-state index < -0.39 is 0 Å². The number of carbonyl (C=O) groups excluding carboxylic acids is 2. The normalized spacial score (nSPS) is 17.0. The molecule has 5 nitrogen and oxygen atoms in total. The number of rotatable bonds is 4. The first-order valence-corrected chi connectivity index (χ1v) is 6.91. The van der Waals surface area contributed by atoms with Crippen molar-refractivity contribution in [2.45, 2.75) is 25.4 Å². The van der Waals surface area contributed by atoms with Crippen molar-refractivity contribution in [2.75, 3.05) is 20.6 Å². The second-order valence-corrected chi connectivity index (χ2v) is 5.12. The molecule has 0 unspecified atom stereocenters. The molecule has 1 atom stereocenters. The van der Waals surface area contributed by atoms with Crippen LogP contribution in [0.25, 0.3) is 0 Å². The SMILES string of the molecule is CNC(=O)c1ccc(CN(C)C(=O)[C@@H]2CCCN2)cc1.Cl. The van der Waals surface area contributed by atoms with Crippen LogP contribution in [-0.2, 0) is 11.3 Å². The standard InChI is InChI=1S/C15H21N3O2.ClH/c1-16-14(19)12-7-5-11(6-8-12)10-18(2)15(20)13-4-3-9-17-13;/h5-8,13,17H,3-4,9-10H2,1-2H3,(H,16,19);1H/t13-;/m0./s1. The van der Waals surface area contributed by atoms with Crippen LogP contribution in [0, 0.1) is 0 Å². The maximum Gasteiger partial charge on any atom is 0.251 e. The number of nitrogens with one attached hydrogen (secondary N) is 2. The van der Waals surface area contributed by atoms with E-state index in [-0.39, 0.29) is 30.3 Å². The van der Waals surface area contributed by atoms with Gasteiger partial charge < -0.3 is 15.5 Å². The first-order valence-electron chi connectivity index (χ1n) is 6.91. The monoisotopic (exact) mass is 311 g/mol. The van der Waals surface area contributed by atoms with Crippen molar-refractivity contribution in [1.82, 2.24) is 15.5 Å². The van der Waals surface area contributed by atoms with Crippen LogP contribution in [0.5, 0.6) is 0 Å². The third-order valence-corrected chi connectivity index (χ3v) is 3.60. The summed E-state index contributed by atoms with van der Waals surface area (Å²) in [7, 11) is 3.42. The Morgan fingerprint density at radius 2 is 2.00 bits per heavy atom. The minimum atomic E-state index is -0.101. The molecule has 1 aromatic rings. The summed E-state index contributed by atoms with van der Waals surface area (Å²) in [4.78, 5) is 25.3. The van der Waals surface area contributed by atoms with Crippen LogP contribution in [0.15, 0.2) is 24.3 Å². The Hall–Kier alpha value is -1.59. The van der Waals surface area contributed by atoms with Gasteiger partial charge in [0.1, 0.15) is 0 Å². The summed E-state index contributed by atoms with van der Waals surface area (Å²) >= 11 is 0. The van der Waals surface area contributed by atoms with Crippen molar-refractivity contribution in [3.05, 3.63) is 35.4 Å². The van der Waals surface area contributed by atoms with Gasteiger partial charge in [-0.2, -0.15) is 0 Å². The Balaban J connectivity index is 0.00000220. The number of hydrogen-bond acceptors (Lipinski definition) is 3. The Bertz CT molecular complexity index is 484. The van der Waals surface area contributed by atoms with Crippen LogP contribution >= 0.6 is 12.4 Å². The van der Waals surface area contributed by atoms with E-state index in [1.165, 1.54) is 0 Å². The molecule has 0 spiro atoms. The van der Waals surface area contributed by atoms with E-state index in [0.717, 1.165) is 24.9 Å². The van der Waals surface area contributed by atoms with Crippen LogP contribution in [-0.4, -0.2) is 43.4 Å². The largest absolute Gasteiger partial charge is 0.355 e. The van der Waals surface area contributed by atoms with Crippen molar-refractivity contribution in [3.63, 3.8) is 0 Å². The average molecular weight is 312 g/mol.